The van der Waals surface area contributed by atoms with Crippen molar-refractivity contribution in [2.75, 3.05) is 13.2 Å². The van der Waals surface area contributed by atoms with Crippen molar-refractivity contribution in [3.63, 3.8) is 0 Å². The molecule has 0 unspecified atom stereocenters. The number of aromatic nitrogens is 1. The summed E-state index contributed by atoms with van der Waals surface area (Å²) in [4.78, 5) is 19.4. The number of carbonyl (C=O) groups is 1. The van der Waals surface area contributed by atoms with E-state index in [0.717, 1.165) is 31.6 Å². The third kappa shape index (κ3) is 3.61. The van der Waals surface area contributed by atoms with Gasteiger partial charge in [-0.1, -0.05) is 36.8 Å². The molecule has 2 aromatic rings. The molecule has 1 aromatic carbocycles. The van der Waals surface area contributed by atoms with Gasteiger partial charge in [0.25, 0.3) is 5.91 Å². The second-order valence-corrected chi connectivity index (χ2v) is 7.04. The number of benzene rings is 1. The fourth-order valence-corrected chi connectivity index (χ4v) is 3.59. The fourth-order valence-electron chi connectivity index (χ4n) is 3.59. The van der Waals surface area contributed by atoms with Crippen molar-refractivity contribution < 1.29 is 13.9 Å². The summed E-state index contributed by atoms with van der Waals surface area (Å²) in [6, 6.07) is 10.1. The van der Waals surface area contributed by atoms with Crippen molar-refractivity contribution >= 4 is 5.91 Å². The SMILES string of the molecule is O=C(c1ncoc1[C@@H]1CCCO1)N(Cc1ccccc1)CC1CCC1. The highest BCUT2D eigenvalue weighted by Crippen LogP contribution is 2.32. The predicted molar refractivity (Wildman–Crippen MR) is 93.0 cm³/mol. The Hall–Kier alpha value is -2.14. The van der Waals surface area contributed by atoms with Gasteiger partial charge >= 0.3 is 0 Å². The molecule has 4 rings (SSSR count). The van der Waals surface area contributed by atoms with E-state index >= 15 is 0 Å². The van der Waals surface area contributed by atoms with Gasteiger partial charge in [0.1, 0.15) is 6.10 Å². The first kappa shape index (κ1) is 16.3. The Morgan fingerprint density at radius 3 is 2.68 bits per heavy atom. The molecule has 1 aromatic heterocycles. The van der Waals surface area contributed by atoms with Crippen molar-refractivity contribution in [2.45, 2.75) is 44.8 Å². The van der Waals surface area contributed by atoms with Crippen LogP contribution in [-0.2, 0) is 11.3 Å². The lowest BCUT2D eigenvalue weighted by molar-refractivity contribution is 0.0647. The topological polar surface area (TPSA) is 55.6 Å². The summed E-state index contributed by atoms with van der Waals surface area (Å²) in [5, 5.41) is 0. The van der Waals surface area contributed by atoms with E-state index in [-0.39, 0.29) is 12.0 Å². The quantitative estimate of drug-likeness (QED) is 0.798. The number of nitrogens with zero attached hydrogens (tertiary/aromatic N) is 2. The highest BCUT2D eigenvalue weighted by atomic mass is 16.5. The van der Waals surface area contributed by atoms with Crippen LogP contribution in [0.25, 0.3) is 0 Å². The summed E-state index contributed by atoms with van der Waals surface area (Å²) in [7, 11) is 0. The van der Waals surface area contributed by atoms with Crippen molar-refractivity contribution in [1.82, 2.24) is 9.88 Å². The van der Waals surface area contributed by atoms with E-state index in [1.807, 2.05) is 23.1 Å². The molecule has 0 spiro atoms. The first-order chi connectivity index (χ1) is 12.3. The molecule has 1 atom stereocenters. The van der Waals surface area contributed by atoms with Crippen LogP contribution in [0, 0.1) is 5.92 Å². The molecule has 1 aliphatic heterocycles. The third-order valence-corrected chi connectivity index (χ3v) is 5.23. The highest BCUT2D eigenvalue weighted by molar-refractivity contribution is 5.93. The van der Waals surface area contributed by atoms with Crippen LogP contribution < -0.4 is 0 Å². The number of ether oxygens (including phenoxy) is 1. The van der Waals surface area contributed by atoms with Crippen molar-refractivity contribution in [1.29, 1.82) is 0 Å². The molecular weight excluding hydrogens is 316 g/mol. The number of carbonyl (C=O) groups excluding carboxylic acids is 1. The Balaban J connectivity index is 1.55. The van der Waals surface area contributed by atoms with Crippen LogP contribution in [0.15, 0.2) is 41.1 Å². The van der Waals surface area contributed by atoms with Crippen molar-refractivity contribution in [3.05, 3.63) is 53.7 Å². The molecule has 1 aliphatic carbocycles. The molecule has 5 nitrogen and oxygen atoms in total. The maximum atomic E-state index is 13.2. The normalized spacial score (nSPS) is 20.4. The van der Waals surface area contributed by atoms with Crippen LogP contribution in [0.1, 0.15) is 60.0 Å². The molecule has 132 valence electrons. The molecule has 5 heteroatoms. The molecule has 1 amide bonds. The number of rotatable bonds is 6. The van der Waals surface area contributed by atoms with E-state index < -0.39 is 0 Å². The zero-order valence-corrected chi connectivity index (χ0v) is 14.4. The van der Waals surface area contributed by atoms with Gasteiger partial charge < -0.3 is 14.1 Å². The first-order valence-corrected chi connectivity index (χ1v) is 9.19. The van der Waals surface area contributed by atoms with E-state index in [2.05, 4.69) is 17.1 Å². The maximum Gasteiger partial charge on any atom is 0.276 e. The Morgan fingerprint density at radius 1 is 1.16 bits per heavy atom. The first-order valence-electron chi connectivity index (χ1n) is 9.19. The van der Waals surface area contributed by atoms with Crippen LogP contribution in [-0.4, -0.2) is 28.9 Å². The molecule has 1 saturated heterocycles. The van der Waals surface area contributed by atoms with Crippen LogP contribution in [0.5, 0.6) is 0 Å². The van der Waals surface area contributed by atoms with Crippen LogP contribution in [0.3, 0.4) is 0 Å². The molecule has 0 radical (unpaired) electrons. The fraction of sp³-hybridized carbons (Fsp3) is 0.500. The van der Waals surface area contributed by atoms with Crippen molar-refractivity contribution in [2.24, 2.45) is 5.92 Å². The number of amides is 1. The maximum absolute atomic E-state index is 13.2. The lowest BCUT2D eigenvalue weighted by Gasteiger charge is -2.32. The van der Waals surface area contributed by atoms with E-state index in [4.69, 9.17) is 9.15 Å². The van der Waals surface area contributed by atoms with E-state index in [1.165, 1.54) is 25.7 Å². The summed E-state index contributed by atoms with van der Waals surface area (Å²) in [5.41, 5.74) is 1.56. The molecule has 1 saturated carbocycles. The molecule has 25 heavy (non-hydrogen) atoms. The van der Waals surface area contributed by atoms with Gasteiger partial charge in [-0.2, -0.15) is 0 Å². The monoisotopic (exact) mass is 340 g/mol. The predicted octanol–water partition coefficient (Wildman–Crippen LogP) is 3.97. The zero-order valence-electron chi connectivity index (χ0n) is 14.4. The molecule has 0 bridgehead atoms. The van der Waals surface area contributed by atoms with Gasteiger partial charge in [0.15, 0.2) is 17.8 Å². The van der Waals surface area contributed by atoms with E-state index in [1.54, 1.807) is 0 Å². The Kier molecular flexibility index (Phi) is 4.83. The Bertz CT molecular complexity index is 703. The van der Waals surface area contributed by atoms with Crippen LogP contribution in [0.2, 0.25) is 0 Å². The van der Waals surface area contributed by atoms with E-state index in [9.17, 15) is 4.79 Å². The van der Waals surface area contributed by atoms with Crippen LogP contribution >= 0.6 is 0 Å². The summed E-state index contributed by atoms with van der Waals surface area (Å²) in [5.74, 6) is 1.15. The van der Waals surface area contributed by atoms with Gasteiger partial charge in [-0.25, -0.2) is 4.98 Å². The lowest BCUT2D eigenvalue weighted by Crippen LogP contribution is -2.37. The largest absolute Gasteiger partial charge is 0.445 e. The van der Waals surface area contributed by atoms with E-state index in [0.29, 0.717) is 23.9 Å². The van der Waals surface area contributed by atoms with Crippen molar-refractivity contribution in [3.8, 4) is 0 Å². The summed E-state index contributed by atoms with van der Waals surface area (Å²) >= 11 is 0. The third-order valence-electron chi connectivity index (χ3n) is 5.23. The van der Waals surface area contributed by atoms with Gasteiger partial charge in [0, 0.05) is 19.7 Å². The summed E-state index contributed by atoms with van der Waals surface area (Å²) in [6.45, 7) is 2.11. The molecular formula is C20H24N2O3. The van der Waals surface area contributed by atoms with Gasteiger partial charge in [-0.05, 0) is 37.2 Å². The number of hydrogen-bond donors (Lipinski definition) is 0. The minimum Gasteiger partial charge on any atom is -0.445 e. The van der Waals surface area contributed by atoms with Gasteiger partial charge in [-0.3, -0.25) is 4.79 Å². The number of oxazole rings is 1. The molecule has 2 fully saturated rings. The van der Waals surface area contributed by atoms with Gasteiger partial charge in [0.05, 0.1) is 0 Å². The second kappa shape index (κ2) is 7.40. The van der Waals surface area contributed by atoms with Gasteiger partial charge in [-0.15, -0.1) is 0 Å². The second-order valence-electron chi connectivity index (χ2n) is 7.04. The Morgan fingerprint density at radius 2 is 2.00 bits per heavy atom. The zero-order chi connectivity index (χ0) is 17.1. The molecule has 0 N–H and O–H groups in total. The smallest absolute Gasteiger partial charge is 0.276 e. The lowest BCUT2D eigenvalue weighted by atomic mass is 9.85. The Labute approximate surface area is 148 Å². The average molecular weight is 340 g/mol. The summed E-state index contributed by atoms with van der Waals surface area (Å²) < 4.78 is 11.2. The average Bonchev–Trinajstić information content (AvgIpc) is 3.27. The minimum atomic E-state index is -0.135. The summed E-state index contributed by atoms with van der Waals surface area (Å²) in [6.07, 6.45) is 6.79. The standard InChI is InChI=1S/C20H24N2O3/c23-20(18-19(25-14-21-18)17-10-5-11-24-17)22(13-16-8-4-9-16)12-15-6-2-1-3-7-15/h1-3,6-7,14,16-17H,4-5,8-13H2/t17-/m0/s1. The minimum absolute atomic E-state index is 0.0463. The molecule has 2 heterocycles. The highest BCUT2D eigenvalue weighted by Gasteiger charge is 2.32. The molecule has 2 aliphatic rings. The number of hydrogen-bond acceptors (Lipinski definition) is 4. The van der Waals surface area contributed by atoms with Crippen LogP contribution in [0.4, 0.5) is 0 Å². The van der Waals surface area contributed by atoms with Gasteiger partial charge in [0.2, 0.25) is 0 Å².